The lowest BCUT2D eigenvalue weighted by Gasteiger charge is -2.35. The van der Waals surface area contributed by atoms with Gasteiger partial charge < -0.3 is 15.4 Å². The average molecular weight is 553 g/mol. The molecular formula is C26H23F3N8OS. The zero-order chi connectivity index (χ0) is 27.0. The van der Waals surface area contributed by atoms with Crippen LogP contribution in [0.5, 0.6) is 0 Å². The standard InChI is InChI=1S/C26H23F3N8OS/c27-26(28,29)17-3-6-22(32-13-17)34-20-7-10-37(14-21(20)38)39-18-4-1-15(2-5-18)16-11-19-23(25-30-8-9-31-25)35-36-24(19)33-12-16/h1-6,8-9,11-13,20-21,38H,7,10,14H2,(H,30,31)(H,32,34)(H,33,35,36). The van der Waals surface area contributed by atoms with Crippen molar-refractivity contribution in [3.63, 3.8) is 0 Å². The summed E-state index contributed by atoms with van der Waals surface area (Å²) in [6.07, 6.45) is 1.50. The van der Waals surface area contributed by atoms with Crippen LogP contribution in [0.3, 0.4) is 0 Å². The van der Waals surface area contributed by atoms with Crippen molar-refractivity contribution in [2.75, 3.05) is 18.4 Å². The van der Waals surface area contributed by atoms with E-state index in [-0.39, 0.29) is 6.04 Å². The number of hydrogen-bond acceptors (Lipinski definition) is 8. The van der Waals surface area contributed by atoms with Gasteiger partial charge >= 0.3 is 6.18 Å². The van der Waals surface area contributed by atoms with Crippen molar-refractivity contribution in [1.82, 2.24) is 34.4 Å². The van der Waals surface area contributed by atoms with Gasteiger partial charge in [0.05, 0.1) is 23.1 Å². The van der Waals surface area contributed by atoms with Crippen molar-refractivity contribution in [2.45, 2.75) is 29.6 Å². The van der Waals surface area contributed by atoms with Crippen LogP contribution in [0.25, 0.3) is 33.7 Å². The summed E-state index contributed by atoms with van der Waals surface area (Å²) in [5.74, 6) is 1.00. The lowest BCUT2D eigenvalue weighted by molar-refractivity contribution is -0.137. The van der Waals surface area contributed by atoms with Gasteiger partial charge in [0.25, 0.3) is 0 Å². The van der Waals surface area contributed by atoms with Gasteiger partial charge in [-0.3, -0.25) is 5.10 Å². The van der Waals surface area contributed by atoms with Crippen molar-refractivity contribution < 1.29 is 18.3 Å². The van der Waals surface area contributed by atoms with Crippen LogP contribution in [0.2, 0.25) is 0 Å². The Hall–Kier alpha value is -3.94. The molecule has 1 aromatic carbocycles. The molecule has 2 atom stereocenters. The molecule has 1 aliphatic rings. The normalized spacial score (nSPS) is 18.5. The molecule has 1 fully saturated rings. The SMILES string of the molecule is OC1CN(Sc2ccc(-c3cnc4n[nH]c(-c5ncc[nH]5)c4c3)cc2)CCC1Nc1ccc(C(F)(F)F)cn1. The molecule has 0 aliphatic carbocycles. The molecule has 39 heavy (non-hydrogen) atoms. The maximum atomic E-state index is 12.8. The van der Waals surface area contributed by atoms with Crippen molar-refractivity contribution >= 4 is 28.8 Å². The zero-order valence-corrected chi connectivity index (χ0v) is 21.2. The summed E-state index contributed by atoms with van der Waals surface area (Å²) in [5.41, 5.74) is 2.55. The third-order valence-electron chi connectivity index (χ3n) is 6.54. The molecule has 0 saturated carbocycles. The van der Waals surface area contributed by atoms with E-state index in [1.807, 2.05) is 30.3 Å². The Balaban J connectivity index is 1.08. The Labute approximate surface area is 225 Å². The molecule has 5 aromatic rings. The summed E-state index contributed by atoms with van der Waals surface area (Å²) < 4.78 is 40.4. The minimum Gasteiger partial charge on any atom is -0.390 e. The first kappa shape index (κ1) is 25.3. The summed E-state index contributed by atoms with van der Waals surface area (Å²) >= 11 is 1.55. The molecule has 4 aromatic heterocycles. The monoisotopic (exact) mass is 552 g/mol. The molecule has 2 unspecified atom stereocenters. The van der Waals surface area contributed by atoms with Gasteiger partial charge in [-0.05, 0) is 54.3 Å². The van der Waals surface area contributed by atoms with Gasteiger partial charge in [-0.1, -0.05) is 12.1 Å². The number of β-amino-alcohol motifs (C(OH)–C–C–N with tert-alkyl or cyclic N) is 1. The number of piperidine rings is 1. The van der Waals surface area contributed by atoms with Crippen molar-refractivity contribution in [3.05, 3.63) is 72.8 Å². The average Bonchev–Trinajstić information content (AvgIpc) is 3.60. The fourth-order valence-electron chi connectivity index (χ4n) is 4.49. The van der Waals surface area contributed by atoms with Crippen LogP contribution in [0.4, 0.5) is 19.0 Å². The Morgan fingerprint density at radius 2 is 1.87 bits per heavy atom. The number of halogens is 3. The summed E-state index contributed by atoms with van der Waals surface area (Å²) in [4.78, 5) is 16.7. The minimum atomic E-state index is -4.43. The van der Waals surface area contributed by atoms with Gasteiger partial charge in [0, 0.05) is 48.3 Å². The molecule has 13 heteroatoms. The molecule has 200 valence electrons. The van der Waals surface area contributed by atoms with E-state index in [1.54, 1.807) is 30.5 Å². The number of aromatic nitrogens is 6. The molecule has 1 aliphatic heterocycles. The molecule has 0 radical (unpaired) electrons. The Morgan fingerprint density at radius 3 is 2.56 bits per heavy atom. The zero-order valence-electron chi connectivity index (χ0n) is 20.4. The largest absolute Gasteiger partial charge is 0.417 e. The van der Waals surface area contributed by atoms with Crippen LogP contribution in [0, 0.1) is 0 Å². The first-order valence-corrected chi connectivity index (χ1v) is 13.0. The van der Waals surface area contributed by atoms with Crippen molar-refractivity contribution in [3.8, 4) is 22.6 Å². The number of benzene rings is 1. The number of rotatable bonds is 6. The molecule has 9 nitrogen and oxygen atoms in total. The molecule has 5 heterocycles. The number of imidazole rings is 1. The van der Waals surface area contributed by atoms with E-state index >= 15 is 0 Å². The van der Waals surface area contributed by atoms with Gasteiger partial charge in [0.15, 0.2) is 11.5 Å². The fraction of sp³-hybridized carbons (Fsp3) is 0.231. The van der Waals surface area contributed by atoms with Gasteiger partial charge in [-0.25, -0.2) is 19.3 Å². The highest BCUT2D eigenvalue weighted by atomic mass is 32.2. The number of alkyl halides is 3. The number of pyridine rings is 2. The van der Waals surface area contributed by atoms with Crippen LogP contribution >= 0.6 is 11.9 Å². The molecule has 4 N–H and O–H groups in total. The molecule has 6 rings (SSSR count). The third kappa shape index (κ3) is 5.46. The van der Waals surface area contributed by atoms with E-state index in [9.17, 15) is 18.3 Å². The van der Waals surface area contributed by atoms with E-state index in [0.29, 0.717) is 36.8 Å². The number of aromatic amines is 2. The summed E-state index contributed by atoms with van der Waals surface area (Å²) in [6, 6.07) is 12.1. The van der Waals surface area contributed by atoms with Gasteiger partial charge in [-0.2, -0.15) is 18.3 Å². The second kappa shape index (κ2) is 10.3. The lowest BCUT2D eigenvalue weighted by atomic mass is 10.0. The molecular weight excluding hydrogens is 529 g/mol. The predicted octanol–water partition coefficient (Wildman–Crippen LogP) is 4.98. The second-order valence-corrected chi connectivity index (χ2v) is 10.3. The number of hydrogen-bond donors (Lipinski definition) is 4. The number of H-pyrrole nitrogens is 2. The fourth-order valence-corrected chi connectivity index (χ4v) is 5.47. The Bertz CT molecular complexity index is 1560. The van der Waals surface area contributed by atoms with Crippen molar-refractivity contribution in [1.29, 1.82) is 0 Å². The molecule has 0 bridgehead atoms. The van der Waals surface area contributed by atoms with Gasteiger partial charge in [0.2, 0.25) is 0 Å². The molecule has 0 spiro atoms. The van der Waals surface area contributed by atoms with Crippen LogP contribution in [-0.4, -0.2) is 64.8 Å². The Morgan fingerprint density at radius 1 is 1.03 bits per heavy atom. The maximum Gasteiger partial charge on any atom is 0.417 e. The van der Waals surface area contributed by atoms with Crippen LogP contribution < -0.4 is 5.32 Å². The highest BCUT2D eigenvalue weighted by Crippen LogP contribution is 2.32. The predicted molar refractivity (Wildman–Crippen MR) is 142 cm³/mol. The lowest BCUT2D eigenvalue weighted by Crippen LogP contribution is -2.47. The number of anilines is 1. The van der Waals surface area contributed by atoms with Gasteiger partial charge in [0.1, 0.15) is 11.5 Å². The van der Waals surface area contributed by atoms with E-state index in [1.165, 1.54) is 6.07 Å². The topological polar surface area (TPSA) is 119 Å². The molecule has 0 amide bonds. The number of fused-ring (bicyclic) bond motifs is 1. The minimum absolute atomic E-state index is 0.301. The summed E-state index contributed by atoms with van der Waals surface area (Å²) in [6.45, 7) is 1.10. The third-order valence-corrected chi connectivity index (χ3v) is 7.61. The maximum absolute atomic E-state index is 12.8. The number of nitrogens with one attached hydrogen (secondary N) is 3. The number of aliphatic hydroxyl groups is 1. The van der Waals surface area contributed by atoms with Gasteiger partial charge in [-0.15, -0.1) is 0 Å². The van der Waals surface area contributed by atoms with Crippen LogP contribution in [0.15, 0.2) is 72.1 Å². The van der Waals surface area contributed by atoms with E-state index in [2.05, 4.69) is 39.8 Å². The first-order chi connectivity index (χ1) is 18.8. The highest BCUT2D eigenvalue weighted by molar-refractivity contribution is 7.97. The smallest absolute Gasteiger partial charge is 0.390 e. The number of aliphatic hydroxyl groups excluding tert-OH is 1. The van der Waals surface area contributed by atoms with Crippen LogP contribution in [0.1, 0.15) is 12.0 Å². The van der Waals surface area contributed by atoms with Crippen LogP contribution in [-0.2, 0) is 6.18 Å². The number of nitrogens with zero attached hydrogens (tertiary/aromatic N) is 5. The Kier molecular flexibility index (Phi) is 6.71. The summed E-state index contributed by atoms with van der Waals surface area (Å²) in [7, 11) is 0. The van der Waals surface area contributed by atoms with E-state index < -0.39 is 17.8 Å². The van der Waals surface area contributed by atoms with Crippen molar-refractivity contribution in [2.24, 2.45) is 0 Å². The van der Waals surface area contributed by atoms with E-state index in [0.717, 1.165) is 39.4 Å². The highest BCUT2D eigenvalue weighted by Gasteiger charge is 2.32. The summed E-state index contributed by atoms with van der Waals surface area (Å²) in [5, 5.41) is 21.9. The molecule has 1 saturated heterocycles. The first-order valence-electron chi connectivity index (χ1n) is 12.2. The quantitative estimate of drug-likeness (QED) is 0.218. The van der Waals surface area contributed by atoms with E-state index in [4.69, 9.17) is 0 Å². The second-order valence-electron chi connectivity index (χ2n) is 9.17.